The second kappa shape index (κ2) is 8.30. The lowest BCUT2D eigenvalue weighted by Gasteiger charge is -2.67. The average Bonchev–Trinajstić information content (AvgIpc) is 2.99. The Labute approximate surface area is 208 Å². The molecule has 3 saturated carbocycles. The van der Waals surface area contributed by atoms with Crippen LogP contribution in [0.5, 0.6) is 0 Å². The lowest BCUT2D eigenvalue weighted by molar-refractivity contribution is -0.204. The van der Waals surface area contributed by atoms with Crippen LogP contribution in [0.3, 0.4) is 0 Å². The standard InChI is InChI=1S/C30H52O4/c1-18(9-13-24(32)27(4,5)34)19-15-16-28(6)22-12-10-20-21(11-14-23(31)26(20,2)3)30(22,8)25(33)17-29(19,28)7/h10,18-19,21-25,31-34H,9,11-17H2,1-8H3/t18?,19-,21?,22?,23+,24-,25-,28+,29-,30+/m1/s1. The van der Waals surface area contributed by atoms with Crippen LogP contribution in [0.4, 0.5) is 0 Å². The van der Waals surface area contributed by atoms with Crippen LogP contribution in [-0.4, -0.2) is 44.3 Å². The van der Waals surface area contributed by atoms with Gasteiger partial charge in [-0.05, 0) is 99.7 Å². The third-order valence-corrected chi connectivity index (χ3v) is 12.4. The monoisotopic (exact) mass is 476 g/mol. The average molecular weight is 477 g/mol. The number of rotatable bonds is 5. The largest absolute Gasteiger partial charge is 0.393 e. The number of hydrogen-bond acceptors (Lipinski definition) is 4. The van der Waals surface area contributed by atoms with Gasteiger partial charge >= 0.3 is 0 Å². The molecular formula is C30H52O4. The van der Waals surface area contributed by atoms with Crippen molar-refractivity contribution in [1.82, 2.24) is 0 Å². The summed E-state index contributed by atoms with van der Waals surface area (Å²) < 4.78 is 0. The van der Waals surface area contributed by atoms with Crippen molar-refractivity contribution < 1.29 is 20.4 Å². The SMILES string of the molecule is CC(CC[C@@H](O)C(C)(C)O)[C@H]1CC[C@@]2(C)C3CC=C4C(CC[C@H](O)C4(C)C)[C@]3(C)[C@H](O)C[C@]12C. The minimum atomic E-state index is -1.07. The van der Waals surface area contributed by atoms with Gasteiger partial charge < -0.3 is 20.4 Å². The first-order chi connectivity index (χ1) is 15.5. The maximum atomic E-state index is 11.9. The highest BCUT2D eigenvalue weighted by Crippen LogP contribution is 2.74. The predicted molar refractivity (Wildman–Crippen MR) is 137 cm³/mol. The van der Waals surface area contributed by atoms with Gasteiger partial charge in [0.25, 0.3) is 0 Å². The van der Waals surface area contributed by atoms with E-state index in [2.05, 4.69) is 47.6 Å². The minimum absolute atomic E-state index is 0.0603. The lowest BCUT2D eigenvalue weighted by atomic mass is 9.38. The number of hydrogen-bond donors (Lipinski definition) is 4. The van der Waals surface area contributed by atoms with Crippen LogP contribution in [0, 0.1) is 45.3 Å². The molecule has 3 unspecified atom stereocenters. The Morgan fingerprint density at radius 3 is 2.24 bits per heavy atom. The molecule has 4 rings (SSSR count). The Bertz CT molecular complexity index is 811. The van der Waals surface area contributed by atoms with Gasteiger partial charge in [-0.3, -0.25) is 0 Å². The van der Waals surface area contributed by atoms with E-state index in [0.29, 0.717) is 30.1 Å². The maximum Gasteiger partial charge on any atom is 0.0849 e. The van der Waals surface area contributed by atoms with Crippen molar-refractivity contribution in [2.75, 3.05) is 0 Å². The Morgan fingerprint density at radius 2 is 1.62 bits per heavy atom. The highest BCUT2D eigenvalue weighted by Gasteiger charge is 2.70. The molecule has 0 aliphatic heterocycles. The highest BCUT2D eigenvalue weighted by atomic mass is 16.3. The van der Waals surface area contributed by atoms with Crippen molar-refractivity contribution in [2.24, 2.45) is 45.3 Å². The van der Waals surface area contributed by atoms with Crippen molar-refractivity contribution in [3.8, 4) is 0 Å². The topological polar surface area (TPSA) is 80.9 Å². The molecule has 4 aliphatic rings. The molecule has 0 spiro atoms. The van der Waals surface area contributed by atoms with E-state index < -0.39 is 11.7 Å². The lowest BCUT2D eigenvalue weighted by Crippen LogP contribution is -2.64. The van der Waals surface area contributed by atoms with Crippen molar-refractivity contribution in [2.45, 2.75) is 131 Å². The molecule has 3 fully saturated rings. The molecule has 34 heavy (non-hydrogen) atoms. The summed E-state index contributed by atoms with van der Waals surface area (Å²) in [5, 5.41) is 43.3. The number of fused-ring (bicyclic) bond motifs is 5. The molecule has 0 amide bonds. The first-order valence-electron chi connectivity index (χ1n) is 14.0. The fraction of sp³-hybridized carbons (Fsp3) is 0.933. The molecule has 4 N–H and O–H groups in total. The molecule has 0 heterocycles. The van der Waals surface area contributed by atoms with E-state index in [9.17, 15) is 20.4 Å². The molecule has 0 aromatic heterocycles. The summed E-state index contributed by atoms with van der Waals surface area (Å²) in [4.78, 5) is 0. The van der Waals surface area contributed by atoms with E-state index in [1.807, 2.05) is 0 Å². The zero-order valence-corrected chi connectivity index (χ0v) is 23.1. The molecule has 4 aliphatic carbocycles. The van der Waals surface area contributed by atoms with Crippen molar-refractivity contribution in [3.63, 3.8) is 0 Å². The fourth-order valence-corrected chi connectivity index (χ4v) is 9.64. The van der Waals surface area contributed by atoms with Gasteiger partial charge in [-0.25, -0.2) is 0 Å². The van der Waals surface area contributed by atoms with E-state index in [-0.39, 0.29) is 33.9 Å². The Balaban J connectivity index is 1.63. The molecule has 0 radical (unpaired) electrons. The molecular weight excluding hydrogens is 424 g/mol. The zero-order chi connectivity index (χ0) is 25.5. The van der Waals surface area contributed by atoms with Crippen molar-refractivity contribution in [1.29, 1.82) is 0 Å². The molecule has 4 heteroatoms. The molecule has 10 atom stereocenters. The van der Waals surface area contributed by atoms with Crippen LogP contribution < -0.4 is 0 Å². The number of allylic oxidation sites excluding steroid dienone is 1. The second-order valence-electron chi connectivity index (χ2n) is 14.6. The van der Waals surface area contributed by atoms with E-state index >= 15 is 0 Å². The molecule has 0 bridgehead atoms. The molecule has 0 saturated heterocycles. The summed E-state index contributed by atoms with van der Waals surface area (Å²) in [7, 11) is 0. The Kier molecular flexibility index (Phi) is 6.50. The predicted octanol–water partition coefficient (Wildman–Crippen LogP) is 5.47. The molecule has 196 valence electrons. The second-order valence-corrected chi connectivity index (χ2v) is 14.6. The summed E-state index contributed by atoms with van der Waals surface area (Å²) in [6.45, 7) is 17.4. The summed E-state index contributed by atoms with van der Waals surface area (Å²) in [5.41, 5.74) is 0.184. The highest BCUT2D eigenvalue weighted by molar-refractivity contribution is 5.31. The third kappa shape index (κ3) is 3.60. The van der Waals surface area contributed by atoms with Gasteiger partial charge in [0.05, 0.1) is 23.9 Å². The van der Waals surface area contributed by atoms with Gasteiger partial charge in [-0.15, -0.1) is 0 Å². The van der Waals surface area contributed by atoms with Gasteiger partial charge in [-0.1, -0.05) is 53.2 Å². The van der Waals surface area contributed by atoms with Crippen LogP contribution in [0.15, 0.2) is 11.6 Å². The normalized spacial score (nSPS) is 47.8. The van der Waals surface area contributed by atoms with Gasteiger partial charge in [0, 0.05) is 10.8 Å². The first kappa shape index (κ1) is 26.6. The first-order valence-corrected chi connectivity index (χ1v) is 14.0. The molecule has 0 aromatic carbocycles. The van der Waals surface area contributed by atoms with Crippen LogP contribution in [-0.2, 0) is 0 Å². The number of aliphatic hydroxyl groups is 4. The van der Waals surface area contributed by atoms with Crippen LogP contribution in [0.25, 0.3) is 0 Å². The summed E-state index contributed by atoms with van der Waals surface area (Å²) in [6.07, 6.45) is 8.64. The number of aliphatic hydroxyl groups excluding tert-OH is 3. The van der Waals surface area contributed by atoms with Crippen LogP contribution in [0.1, 0.15) is 107 Å². The quantitative estimate of drug-likeness (QED) is 0.397. The van der Waals surface area contributed by atoms with Gasteiger partial charge in [-0.2, -0.15) is 0 Å². The van der Waals surface area contributed by atoms with Gasteiger partial charge in [0.1, 0.15) is 0 Å². The van der Waals surface area contributed by atoms with Crippen LogP contribution >= 0.6 is 0 Å². The van der Waals surface area contributed by atoms with E-state index in [1.54, 1.807) is 13.8 Å². The minimum Gasteiger partial charge on any atom is -0.393 e. The van der Waals surface area contributed by atoms with E-state index in [0.717, 1.165) is 32.1 Å². The van der Waals surface area contributed by atoms with Crippen LogP contribution in [0.2, 0.25) is 0 Å². The van der Waals surface area contributed by atoms with E-state index in [1.165, 1.54) is 18.4 Å². The molecule has 4 nitrogen and oxygen atoms in total. The summed E-state index contributed by atoms with van der Waals surface area (Å²) in [5.74, 6) is 1.74. The van der Waals surface area contributed by atoms with E-state index in [4.69, 9.17) is 0 Å². The smallest absolute Gasteiger partial charge is 0.0849 e. The Hall–Kier alpha value is -0.420. The summed E-state index contributed by atoms with van der Waals surface area (Å²) in [6, 6.07) is 0. The van der Waals surface area contributed by atoms with Crippen molar-refractivity contribution in [3.05, 3.63) is 11.6 Å². The fourth-order valence-electron chi connectivity index (χ4n) is 9.64. The third-order valence-electron chi connectivity index (χ3n) is 12.4. The zero-order valence-electron chi connectivity index (χ0n) is 23.1. The maximum absolute atomic E-state index is 11.9. The summed E-state index contributed by atoms with van der Waals surface area (Å²) >= 11 is 0. The molecule has 0 aromatic rings. The van der Waals surface area contributed by atoms with Gasteiger partial charge in [0.15, 0.2) is 0 Å². The van der Waals surface area contributed by atoms with Crippen molar-refractivity contribution >= 4 is 0 Å². The Morgan fingerprint density at radius 1 is 0.971 bits per heavy atom. The van der Waals surface area contributed by atoms with Gasteiger partial charge in [0.2, 0.25) is 0 Å².